The maximum absolute atomic E-state index is 11.9. The molecule has 1 aromatic rings. The second-order valence-electron chi connectivity index (χ2n) is 8.34. The van der Waals surface area contributed by atoms with E-state index in [1.165, 1.54) is 11.3 Å². The Morgan fingerprint density at radius 2 is 2.04 bits per heavy atom. The molecule has 2 heterocycles. The van der Waals surface area contributed by atoms with E-state index in [1.54, 1.807) is 0 Å². The van der Waals surface area contributed by atoms with Gasteiger partial charge in [-0.05, 0) is 75.5 Å². The number of piperidine rings is 1. The Kier molecular flexibility index (Phi) is 7.09. The normalized spacial score (nSPS) is 23.0. The highest BCUT2D eigenvalue weighted by Crippen LogP contribution is 2.38. The van der Waals surface area contributed by atoms with E-state index in [9.17, 15) is 9.90 Å². The quantitative estimate of drug-likeness (QED) is 0.394. The SMILES string of the molecule is N[C@](CCCCB(O)O)(C(=O)O)C1CCN(C2CCCc3cccnc32)CC1. The van der Waals surface area contributed by atoms with Crippen molar-refractivity contribution in [3.63, 3.8) is 0 Å². The molecule has 0 amide bonds. The predicted molar refractivity (Wildman–Crippen MR) is 108 cm³/mol. The zero-order valence-electron chi connectivity index (χ0n) is 16.5. The first-order chi connectivity index (χ1) is 13.4. The number of carboxylic acid groups (broad SMARTS) is 1. The van der Waals surface area contributed by atoms with Crippen LogP contribution in [0.15, 0.2) is 18.3 Å². The molecule has 1 saturated heterocycles. The van der Waals surface area contributed by atoms with Crippen LogP contribution in [0.4, 0.5) is 0 Å². The van der Waals surface area contributed by atoms with Crippen LogP contribution < -0.4 is 5.73 Å². The van der Waals surface area contributed by atoms with Gasteiger partial charge in [-0.25, -0.2) is 0 Å². The Hall–Kier alpha value is -1.48. The Bertz CT molecular complexity index is 667. The van der Waals surface area contributed by atoms with Crippen molar-refractivity contribution < 1.29 is 19.9 Å². The molecule has 0 aromatic carbocycles. The summed E-state index contributed by atoms with van der Waals surface area (Å²) in [4.78, 5) is 19.0. The fourth-order valence-corrected chi connectivity index (χ4v) is 4.90. The summed E-state index contributed by atoms with van der Waals surface area (Å²) in [6.07, 6.45) is 8.52. The van der Waals surface area contributed by atoms with Crippen LogP contribution in [0.1, 0.15) is 62.2 Å². The van der Waals surface area contributed by atoms with E-state index in [4.69, 9.17) is 15.8 Å². The van der Waals surface area contributed by atoms with Gasteiger partial charge in [-0.2, -0.15) is 0 Å². The number of carbonyl (C=O) groups is 1. The molecule has 1 aliphatic heterocycles. The number of likely N-dealkylation sites (tertiary alicyclic amines) is 1. The number of hydrogen-bond donors (Lipinski definition) is 4. The van der Waals surface area contributed by atoms with Crippen molar-refractivity contribution in [3.8, 4) is 0 Å². The first-order valence-corrected chi connectivity index (χ1v) is 10.5. The summed E-state index contributed by atoms with van der Waals surface area (Å²) in [6, 6.07) is 4.49. The van der Waals surface area contributed by atoms with Crippen molar-refractivity contribution in [2.75, 3.05) is 13.1 Å². The largest absolute Gasteiger partial charge is 0.480 e. The van der Waals surface area contributed by atoms with Gasteiger partial charge in [0, 0.05) is 6.20 Å². The Balaban J connectivity index is 1.59. The number of fused-ring (bicyclic) bond motifs is 1. The van der Waals surface area contributed by atoms with Gasteiger partial charge < -0.3 is 20.9 Å². The van der Waals surface area contributed by atoms with Crippen LogP contribution in [0.2, 0.25) is 6.32 Å². The summed E-state index contributed by atoms with van der Waals surface area (Å²) in [5.74, 6) is -1.01. The highest BCUT2D eigenvalue weighted by atomic mass is 16.4. The molecule has 7 nitrogen and oxygen atoms in total. The molecular weight excluding hydrogens is 357 g/mol. The minimum atomic E-state index is -1.34. The molecule has 28 heavy (non-hydrogen) atoms. The third-order valence-electron chi connectivity index (χ3n) is 6.57. The lowest BCUT2D eigenvalue weighted by Gasteiger charge is -2.43. The van der Waals surface area contributed by atoms with E-state index >= 15 is 0 Å². The van der Waals surface area contributed by atoms with Gasteiger partial charge in [0.05, 0.1) is 11.7 Å². The molecule has 1 fully saturated rings. The van der Waals surface area contributed by atoms with Gasteiger partial charge >= 0.3 is 13.1 Å². The molecule has 1 aliphatic carbocycles. The van der Waals surface area contributed by atoms with Gasteiger partial charge in [0.1, 0.15) is 5.54 Å². The van der Waals surface area contributed by atoms with E-state index in [0.29, 0.717) is 25.3 Å². The van der Waals surface area contributed by atoms with Crippen molar-refractivity contribution in [2.24, 2.45) is 11.7 Å². The van der Waals surface area contributed by atoms with E-state index in [2.05, 4.69) is 16.0 Å². The number of carboxylic acids is 1. The number of unbranched alkanes of at least 4 members (excludes halogenated alkanes) is 1. The van der Waals surface area contributed by atoms with Crippen LogP contribution in [0, 0.1) is 5.92 Å². The molecule has 1 unspecified atom stereocenters. The molecule has 8 heteroatoms. The molecule has 0 saturated carbocycles. The minimum Gasteiger partial charge on any atom is -0.480 e. The number of pyridine rings is 1. The van der Waals surface area contributed by atoms with Crippen LogP contribution >= 0.6 is 0 Å². The van der Waals surface area contributed by atoms with Crippen molar-refractivity contribution in [1.29, 1.82) is 0 Å². The molecule has 0 radical (unpaired) electrons. The molecule has 2 atom stereocenters. The molecule has 0 bridgehead atoms. The summed E-state index contributed by atoms with van der Waals surface area (Å²) < 4.78 is 0. The van der Waals surface area contributed by atoms with Crippen LogP contribution in [0.5, 0.6) is 0 Å². The summed E-state index contributed by atoms with van der Waals surface area (Å²) in [7, 11) is -1.34. The number of hydrogen-bond acceptors (Lipinski definition) is 6. The van der Waals surface area contributed by atoms with Gasteiger partial charge in [-0.15, -0.1) is 0 Å². The van der Waals surface area contributed by atoms with Gasteiger partial charge in [-0.1, -0.05) is 18.9 Å². The Morgan fingerprint density at radius 1 is 1.29 bits per heavy atom. The average molecular weight is 389 g/mol. The maximum Gasteiger partial charge on any atom is 0.451 e. The molecular formula is C20H32BN3O4. The number of aliphatic carboxylic acids is 1. The summed E-state index contributed by atoms with van der Waals surface area (Å²) in [5.41, 5.74) is 7.66. The Labute approximate surface area is 167 Å². The first-order valence-electron chi connectivity index (χ1n) is 10.5. The van der Waals surface area contributed by atoms with Crippen LogP contribution in [-0.2, 0) is 11.2 Å². The van der Waals surface area contributed by atoms with Gasteiger partial charge in [0.25, 0.3) is 0 Å². The fraction of sp³-hybridized carbons (Fsp3) is 0.700. The van der Waals surface area contributed by atoms with Gasteiger partial charge in [-0.3, -0.25) is 14.7 Å². The van der Waals surface area contributed by atoms with E-state index < -0.39 is 18.6 Å². The second kappa shape index (κ2) is 9.35. The summed E-state index contributed by atoms with van der Waals surface area (Å²) >= 11 is 0. The van der Waals surface area contributed by atoms with Crippen molar-refractivity contribution in [2.45, 2.75) is 69.3 Å². The van der Waals surface area contributed by atoms with Crippen LogP contribution in [0.3, 0.4) is 0 Å². The van der Waals surface area contributed by atoms with Crippen LogP contribution in [0.25, 0.3) is 0 Å². The predicted octanol–water partition coefficient (Wildman–Crippen LogP) is 1.60. The zero-order chi connectivity index (χ0) is 20.1. The fourth-order valence-electron chi connectivity index (χ4n) is 4.90. The number of aryl methyl sites for hydroxylation is 1. The van der Waals surface area contributed by atoms with Crippen molar-refractivity contribution >= 4 is 13.1 Å². The highest BCUT2D eigenvalue weighted by Gasteiger charge is 2.44. The number of rotatable bonds is 8. The molecule has 0 spiro atoms. The highest BCUT2D eigenvalue weighted by molar-refractivity contribution is 6.40. The van der Waals surface area contributed by atoms with Gasteiger partial charge in [0.15, 0.2) is 0 Å². The van der Waals surface area contributed by atoms with Crippen LogP contribution in [-0.4, -0.2) is 56.8 Å². The smallest absolute Gasteiger partial charge is 0.451 e. The Morgan fingerprint density at radius 3 is 2.71 bits per heavy atom. The third kappa shape index (κ3) is 4.74. The topological polar surface area (TPSA) is 120 Å². The number of nitrogens with zero attached hydrogens (tertiary/aromatic N) is 2. The van der Waals surface area contributed by atoms with Gasteiger partial charge in [0.2, 0.25) is 0 Å². The first kappa shape index (κ1) is 21.2. The number of nitrogens with two attached hydrogens (primary N) is 1. The van der Waals surface area contributed by atoms with E-state index in [1.807, 2.05) is 12.3 Å². The third-order valence-corrected chi connectivity index (χ3v) is 6.57. The summed E-state index contributed by atoms with van der Waals surface area (Å²) in [6.45, 7) is 1.68. The lowest BCUT2D eigenvalue weighted by Crippen LogP contribution is -2.57. The lowest BCUT2D eigenvalue weighted by molar-refractivity contribution is -0.147. The molecule has 3 rings (SSSR count). The number of aromatic nitrogens is 1. The molecule has 5 N–H and O–H groups in total. The standard InChI is InChI=1S/C20H32BN3O4/c22-20(19(25)26,10-1-2-11-21(27)28)16-8-13-24(14-9-16)17-7-3-5-15-6-4-12-23-18(15)17/h4,6,12,16-17,27-28H,1-3,5,7-11,13-14,22H2,(H,25,26)/t17?,20-/m0/s1. The molecule has 154 valence electrons. The van der Waals surface area contributed by atoms with Crippen molar-refractivity contribution in [1.82, 2.24) is 9.88 Å². The minimum absolute atomic E-state index is 0.0629. The van der Waals surface area contributed by atoms with E-state index in [0.717, 1.165) is 45.2 Å². The molecule has 1 aromatic heterocycles. The lowest BCUT2D eigenvalue weighted by atomic mass is 9.74. The molecule has 2 aliphatic rings. The van der Waals surface area contributed by atoms with E-state index in [-0.39, 0.29) is 12.2 Å². The maximum atomic E-state index is 11.9. The zero-order valence-corrected chi connectivity index (χ0v) is 16.5. The summed E-state index contributed by atoms with van der Waals surface area (Å²) in [5, 5.41) is 27.7. The van der Waals surface area contributed by atoms with Crippen molar-refractivity contribution in [3.05, 3.63) is 29.6 Å². The second-order valence-corrected chi connectivity index (χ2v) is 8.34. The average Bonchev–Trinajstić information content (AvgIpc) is 2.70. The monoisotopic (exact) mass is 389 g/mol.